The van der Waals surface area contributed by atoms with Crippen LogP contribution < -0.4 is 5.32 Å². The third-order valence-electron chi connectivity index (χ3n) is 3.49. The zero-order valence-corrected chi connectivity index (χ0v) is 10.8. The average molecular weight is 258 g/mol. The Morgan fingerprint density at radius 3 is 2.58 bits per heavy atom. The number of nitrogens with zero attached hydrogens (tertiary/aromatic N) is 1. The van der Waals surface area contributed by atoms with Gasteiger partial charge in [-0.25, -0.2) is 4.79 Å². The van der Waals surface area contributed by atoms with Crippen LogP contribution in [0.5, 0.6) is 5.75 Å². The lowest BCUT2D eigenvalue weighted by molar-refractivity contribution is 0.182. The summed E-state index contributed by atoms with van der Waals surface area (Å²) in [6, 6.07) is 7.24. The molecule has 0 unspecified atom stereocenters. The zero-order valence-electron chi connectivity index (χ0n) is 10.8. The van der Waals surface area contributed by atoms with E-state index in [1.165, 1.54) is 5.56 Å². The number of nitrogens with one attached hydrogen (secondary N) is 1. The first-order chi connectivity index (χ1) is 9.20. The number of likely N-dealkylation sites (tertiary alicyclic amines) is 1. The van der Waals surface area contributed by atoms with E-state index in [0.29, 0.717) is 5.92 Å². The van der Waals surface area contributed by atoms with Crippen LogP contribution in [0.25, 0.3) is 0 Å². The number of hydrogen-bond donors (Lipinski definition) is 2. The summed E-state index contributed by atoms with van der Waals surface area (Å²) >= 11 is 0. The topological polar surface area (TPSA) is 52.6 Å². The van der Waals surface area contributed by atoms with E-state index < -0.39 is 0 Å². The Morgan fingerprint density at radius 1 is 1.37 bits per heavy atom. The second-order valence-corrected chi connectivity index (χ2v) is 4.72. The highest BCUT2D eigenvalue weighted by atomic mass is 16.3. The van der Waals surface area contributed by atoms with Gasteiger partial charge in [-0.1, -0.05) is 18.1 Å². The van der Waals surface area contributed by atoms with Gasteiger partial charge in [0.2, 0.25) is 0 Å². The molecular weight excluding hydrogens is 240 g/mol. The average Bonchev–Trinajstić information content (AvgIpc) is 2.46. The molecule has 0 saturated carbocycles. The molecule has 4 nitrogen and oxygen atoms in total. The van der Waals surface area contributed by atoms with E-state index in [2.05, 4.69) is 11.2 Å². The minimum absolute atomic E-state index is 0.0814. The molecular formula is C15H18N2O2. The summed E-state index contributed by atoms with van der Waals surface area (Å²) in [6.07, 6.45) is 6.99. The molecule has 1 fully saturated rings. The Bertz CT molecular complexity index is 468. The van der Waals surface area contributed by atoms with Crippen molar-refractivity contribution in [2.45, 2.75) is 18.8 Å². The first-order valence-electron chi connectivity index (χ1n) is 6.46. The van der Waals surface area contributed by atoms with E-state index in [9.17, 15) is 9.90 Å². The molecule has 2 amide bonds. The number of aromatic hydroxyl groups is 1. The quantitative estimate of drug-likeness (QED) is 0.796. The van der Waals surface area contributed by atoms with E-state index in [-0.39, 0.29) is 18.3 Å². The zero-order chi connectivity index (χ0) is 13.7. The van der Waals surface area contributed by atoms with Crippen molar-refractivity contribution >= 4 is 6.03 Å². The van der Waals surface area contributed by atoms with Crippen LogP contribution in [0.4, 0.5) is 4.79 Å². The highest BCUT2D eigenvalue weighted by molar-refractivity contribution is 5.74. The lowest BCUT2D eigenvalue weighted by Gasteiger charge is -2.32. The number of terminal acetylenes is 1. The Morgan fingerprint density at radius 2 is 2.00 bits per heavy atom. The van der Waals surface area contributed by atoms with Crippen LogP contribution in [0.3, 0.4) is 0 Å². The Kier molecular flexibility index (Phi) is 4.30. The monoisotopic (exact) mass is 258 g/mol. The van der Waals surface area contributed by atoms with Gasteiger partial charge in [0.1, 0.15) is 5.75 Å². The molecule has 100 valence electrons. The first-order valence-corrected chi connectivity index (χ1v) is 6.46. The van der Waals surface area contributed by atoms with E-state index in [1.807, 2.05) is 12.1 Å². The number of phenolic OH excluding ortho intramolecular Hbond substituents is 1. The number of carbonyl (C=O) groups excluding carboxylic acids is 1. The minimum Gasteiger partial charge on any atom is -0.508 e. The maximum absolute atomic E-state index is 11.7. The van der Waals surface area contributed by atoms with Gasteiger partial charge < -0.3 is 15.3 Å². The van der Waals surface area contributed by atoms with Crippen LogP contribution >= 0.6 is 0 Å². The highest BCUT2D eigenvalue weighted by Gasteiger charge is 2.23. The van der Waals surface area contributed by atoms with Gasteiger partial charge in [0.25, 0.3) is 0 Å². The maximum Gasteiger partial charge on any atom is 0.318 e. The van der Waals surface area contributed by atoms with Crippen molar-refractivity contribution in [1.29, 1.82) is 0 Å². The largest absolute Gasteiger partial charge is 0.508 e. The molecule has 2 rings (SSSR count). The van der Waals surface area contributed by atoms with E-state index in [0.717, 1.165) is 25.9 Å². The summed E-state index contributed by atoms with van der Waals surface area (Å²) in [5.74, 6) is 3.14. The van der Waals surface area contributed by atoms with Crippen molar-refractivity contribution in [3.8, 4) is 18.1 Å². The van der Waals surface area contributed by atoms with Gasteiger partial charge in [0.05, 0.1) is 6.54 Å². The van der Waals surface area contributed by atoms with Crippen molar-refractivity contribution in [1.82, 2.24) is 10.2 Å². The van der Waals surface area contributed by atoms with Crippen LogP contribution in [0.1, 0.15) is 24.3 Å². The molecule has 1 aromatic carbocycles. The van der Waals surface area contributed by atoms with E-state index in [1.54, 1.807) is 17.0 Å². The smallest absolute Gasteiger partial charge is 0.318 e. The molecule has 0 atom stereocenters. The molecule has 19 heavy (non-hydrogen) atoms. The second-order valence-electron chi connectivity index (χ2n) is 4.72. The van der Waals surface area contributed by atoms with Crippen molar-refractivity contribution < 1.29 is 9.90 Å². The Hall–Kier alpha value is -2.15. The van der Waals surface area contributed by atoms with Crippen LogP contribution in [-0.2, 0) is 0 Å². The third kappa shape index (κ3) is 3.41. The molecule has 1 heterocycles. The SMILES string of the molecule is C#CCNC(=O)N1CCC(c2ccc(O)cc2)CC1. The molecule has 1 aliphatic heterocycles. The number of benzene rings is 1. The number of rotatable bonds is 2. The molecule has 2 N–H and O–H groups in total. The summed E-state index contributed by atoms with van der Waals surface area (Å²) in [5.41, 5.74) is 1.22. The number of hydrogen-bond acceptors (Lipinski definition) is 2. The third-order valence-corrected chi connectivity index (χ3v) is 3.49. The summed E-state index contributed by atoms with van der Waals surface area (Å²) < 4.78 is 0. The normalized spacial score (nSPS) is 15.8. The second kappa shape index (κ2) is 6.14. The van der Waals surface area contributed by atoms with Crippen molar-refractivity contribution in [2.75, 3.05) is 19.6 Å². The van der Waals surface area contributed by atoms with Crippen molar-refractivity contribution in [2.24, 2.45) is 0 Å². The van der Waals surface area contributed by atoms with E-state index in [4.69, 9.17) is 6.42 Å². The Labute approximate surface area is 113 Å². The molecule has 0 aromatic heterocycles. The number of amides is 2. The van der Waals surface area contributed by atoms with Gasteiger partial charge in [-0.3, -0.25) is 0 Å². The molecule has 0 bridgehead atoms. The predicted molar refractivity (Wildman–Crippen MR) is 73.9 cm³/mol. The molecule has 1 aliphatic rings. The van der Waals surface area contributed by atoms with Crippen LogP contribution in [0.2, 0.25) is 0 Å². The lowest BCUT2D eigenvalue weighted by atomic mass is 9.89. The fraction of sp³-hybridized carbons (Fsp3) is 0.400. The van der Waals surface area contributed by atoms with Crippen LogP contribution in [-0.4, -0.2) is 35.7 Å². The fourth-order valence-corrected chi connectivity index (χ4v) is 2.40. The van der Waals surface area contributed by atoms with Gasteiger partial charge in [0, 0.05) is 13.1 Å². The van der Waals surface area contributed by atoms with Gasteiger partial charge in [-0.05, 0) is 36.5 Å². The van der Waals surface area contributed by atoms with Gasteiger partial charge in [-0.2, -0.15) is 0 Å². The predicted octanol–water partition coefficient (Wildman–Crippen LogP) is 1.91. The number of carbonyl (C=O) groups is 1. The number of urea groups is 1. The first kappa shape index (κ1) is 13.3. The van der Waals surface area contributed by atoms with Gasteiger partial charge in [-0.15, -0.1) is 6.42 Å². The Balaban J connectivity index is 1.87. The molecule has 1 saturated heterocycles. The summed E-state index contributed by atoms with van der Waals surface area (Å²) in [4.78, 5) is 13.5. The number of phenols is 1. The molecule has 0 radical (unpaired) electrons. The molecule has 1 aromatic rings. The highest BCUT2D eigenvalue weighted by Crippen LogP contribution is 2.28. The van der Waals surface area contributed by atoms with E-state index >= 15 is 0 Å². The number of piperidine rings is 1. The minimum atomic E-state index is -0.0814. The maximum atomic E-state index is 11.7. The summed E-state index contributed by atoms with van der Waals surface area (Å²) in [5, 5.41) is 12.0. The van der Waals surface area contributed by atoms with Crippen molar-refractivity contribution in [3.05, 3.63) is 29.8 Å². The molecule has 0 aliphatic carbocycles. The van der Waals surface area contributed by atoms with Gasteiger partial charge in [0.15, 0.2) is 0 Å². The van der Waals surface area contributed by atoms with Gasteiger partial charge >= 0.3 is 6.03 Å². The molecule has 4 heteroatoms. The van der Waals surface area contributed by atoms with Crippen molar-refractivity contribution in [3.63, 3.8) is 0 Å². The fourth-order valence-electron chi connectivity index (χ4n) is 2.40. The van der Waals surface area contributed by atoms with Crippen LogP contribution in [0.15, 0.2) is 24.3 Å². The standard InChI is InChI=1S/C15H18N2O2/c1-2-9-16-15(19)17-10-7-13(8-11-17)12-3-5-14(18)6-4-12/h1,3-6,13,18H,7-11H2,(H,16,19). The summed E-state index contributed by atoms with van der Waals surface area (Å²) in [7, 11) is 0. The summed E-state index contributed by atoms with van der Waals surface area (Å²) in [6.45, 7) is 1.75. The van der Waals surface area contributed by atoms with Crippen LogP contribution in [0, 0.1) is 12.3 Å². The lowest BCUT2D eigenvalue weighted by Crippen LogP contribution is -2.44. The molecule has 0 spiro atoms.